The largest absolute Gasteiger partial charge is 0.256 e. The minimum absolute atomic E-state index is 0.895. The Bertz CT molecular complexity index is 1690. The molecule has 36 heavy (non-hydrogen) atoms. The van der Waals surface area contributed by atoms with Crippen LogP contribution in [0.5, 0.6) is 0 Å². The fraction of sp³-hybridized carbons (Fsp3) is 0.0606. The molecule has 0 amide bonds. The Morgan fingerprint density at radius 3 is 1.81 bits per heavy atom. The van der Waals surface area contributed by atoms with Gasteiger partial charge < -0.3 is 0 Å². The highest BCUT2D eigenvalue weighted by atomic mass is 14.8. The molecule has 4 aromatic carbocycles. The second kappa shape index (κ2) is 9.20. The normalized spacial score (nSPS) is 11.1. The Morgan fingerprint density at radius 1 is 0.417 bits per heavy atom. The maximum absolute atomic E-state index is 4.79. The molecule has 0 saturated heterocycles. The van der Waals surface area contributed by atoms with Gasteiger partial charge in [0.1, 0.15) is 0 Å². The second-order valence-electron chi connectivity index (χ2n) is 9.16. The van der Waals surface area contributed by atoms with Crippen molar-refractivity contribution in [3.8, 4) is 44.6 Å². The van der Waals surface area contributed by atoms with Gasteiger partial charge in [0.15, 0.2) is 0 Å². The topological polar surface area (TPSA) is 38.7 Å². The van der Waals surface area contributed by atoms with E-state index >= 15 is 0 Å². The summed E-state index contributed by atoms with van der Waals surface area (Å²) in [4.78, 5) is 14.1. The number of hydrogen-bond acceptors (Lipinski definition) is 3. The lowest BCUT2D eigenvalue weighted by Crippen LogP contribution is -1.92. The van der Waals surface area contributed by atoms with Crippen LogP contribution in [0.3, 0.4) is 0 Å². The van der Waals surface area contributed by atoms with Crippen molar-refractivity contribution in [1.82, 2.24) is 15.0 Å². The van der Waals surface area contributed by atoms with E-state index in [-0.39, 0.29) is 0 Å². The number of nitrogens with zero attached hydrogens (tertiary/aromatic N) is 3. The third-order valence-electron chi connectivity index (χ3n) is 6.53. The first-order valence-corrected chi connectivity index (χ1v) is 12.1. The first-order valence-electron chi connectivity index (χ1n) is 12.1. The molecule has 6 rings (SSSR count). The fourth-order valence-electron chi connectivity index (χ4n) is 4.75. The molecule has 0 spiro atoms. The van der Waals surface area contributed by atoms with Gasteiger partial charge >= 0.3 is 0 Å². The minimum Gasteiger partial charge on any atom is -0.256 e. The molecule has 0 radical (unpaired) electrons. The van der Waals surface area contributed by atoms with Gasteiger partial charge in [0.25, 0.3) is 0 Å². The zero-order chi connectivity index (χ0) is 24.5. The summed E-state index contributed by atoms with van der Waals surface area (Å²) in [6, 6.07) is 34.2. The molecule has 2 aromatic heterocycles. The monoisotopic (exact) mass is 463 g/mol. The zero-order valence-corrected chi connectivity index (χ0v) is 20.3. The van der Waals surface area contributed by atoms with Gasteiger partial charge in [-0.1, -0.05) is 78.4 Å². The van der Waals surface area contributed by atoms with E-state index in [9.17, 15) is 0 Å². The van der Waals surface area contributed by atoms with Crippen molar-refractivity contribution >= 4 is 11.0 Å². The van der Waals surface area contributed by atoms with Gasteiger partial charge in [0, 0.05) is 35.3 Å². The quantitative estimate of drug-likeness (QED) is 0.264. The standard InChI is InChI=1S/C33H25N3/c1-22-9-11-24(12-10-22)27-18-23(2)19-28(21-27)30-14-13-29(32-33(30)36-17-16-35-32)25-6-5-7-26(20-25)31-8-3-4-15-34-31/h3-21H,1-2H3. The van der Waals surface area contributed by atoms with Gasteiger partial charge in [-0.3, -0.25) is 15.0 Å². The smallest absolute Gasteiger partial charge is 0.0971 e. The SMILES string of the molecule is Cc1ccc(-c2cc(C)cc(-c3ccc(-c4cccc(-c5ccccn5)c4)c4nccnc34)c2)cc1. The maximum Gasteiger partial charge on any atom is 0.0971 e. The molecule has 6 aromatic rings. The summed E-state index contributed by atoms with van der Waals surface area (Å²) in [6.45, 7) is 4.26. The van der Waals surface area contributed by atoms with Crippen molar-refractivity contribution in [1.29, 1.82) is 0 Å². The van der Waals surface area contributed by atoms with E-state index in [0.717, 1.165) is 44.5 Å². The lowest BCUT2D eigenvalue weighted by atomic mass is 9.93. The minimum atomic E-state index is 0.895. The number of aromatic nitrogens is 3. The molecule has 2 heterocycles. The van der Waals surface area contributed by atoms with E-state index in [4.69, 9.17) is 9.97 Å². The molecule has 172 valence electrons. The second-order valence-corrected chi connectivity index (χ2v) is 9.16. The number of hydrogen-bond donors (Lipinski definition) is 0. The van der Waals surface area contributed by atoms with Crippen molar-refractivity contribution < 1.29 is 0 Å². The van der Waals surface area contributed by atoms with Crippen LogP contribution < -0.4 is 0 Å². The highest BCUT2D eigenvalue weighted by Crippen LogP contribution is 2.36. The molecule has 0 aliphatic carbocycles. The molecule has 0 N–H and O–H groups in total. The number of rotatable bonds is 4. The predicted molar refractivity (Wildman–Crippen MR) is 149 cm³/mol. The van der Waals surface area contributed by atoms with E-state index in [1.54, 1.807) is 12.4 Å². The fourth-order valence-corrected chi connectivity index (χ4v) is 4.75. The number of benzene rings is 4. The lowest BCUT2D eigenvalue weighted by Gasteiger charge is -2.13. The summed E-state index contributed by atoms with van der Waals surface area (Å²) in [7, 11) is 0. The third-order valence-corrected chi connectivity index (χ3v) is 6.53. The molecule has 0 unspecified atom stereocenters. The maximum atomic E-state index is 4.79. The highest BCUT2D eigenvalue weighted by Gasteiger charge is 2.14. The Kier molecular flexibility index (Phi) is 5.59. The van der Waals surface area contributed by atoms with Gasteiger partial charge in [-0.2, -0.15) is 0 Å². The van der Waals surface area contributed by atoms with Crippen molar-refractivity contribution in [3.05, 3.63) is 127 Å². The molecule has 3 nitrogen and oxygen atoms in total. The van der Waals surface area contributed by atoms with Gasteiger partial charge in [0.05, 0.1) is 16.7 Å². The molecule has 0 fully saturated rings. The van der Waals surface area contributed by atoms with E-state index < -0.39 is 0 Å². The van der Waals surface area contributed by atoms with E-state index in [1.807, 2.05) is 24.4 Å². The predicted octanol–water partition coefficient (Wildman–Crippen LogP) is 8.31. The average Bonchev–Trinajstić information content (AvgIpc) is 2.93. The van der Waals surface area contributed by atoms with Gasteiger partial charge in [-0.25, -0.2) is 0 Å². The van der Waals surface area contributed by atoms with Crippen LogP contribution >= 0.6 is 0 Å². The van der Waals surface area contributed by atoms with Gasteiger partial charge in [0.2, 0.25) is 0 Å². The number of aryl methyl sites for hydroxylation is 2. The van der Waals surface area contributed by atoms with Crippen LogP contribution in [-0.2, 0) is 0 Å². The first kappa shape index (κ1) is 21.9. The van der Waals surface area contributed by atoms with Crippen LogP contribution in [0.1, 0.15) is 11.1 Å². The molecular weight excluding hydrogens is 438 g/mol. The van der Waals surface area contributed by atoms with Crippen molar-refractivity contribution in [2.75, 3.05) is 0 Å². The highest BCUT2D eigenvalue weighted by molar-refractivity contribution is 6.01. The van der Waals surface area contributed by atoms with E-state index in [2.05, 4.69) is 97.7 Å². The van der Waals surface area contributed by atoms with Gasteiger partial charge in [-0.05, 0) is 65.9 Å². The molecular formula is C33H25N3. The molecule has 0 aliphatic rings. The van der Waals surface area contributed by atoms with Crippen LogP contribution in [0.15, 0.2) is 116 Å². The summed E-state index contributed by atoms with van der Waals surface area (Å²) in [6.07, 6.45) is 5.37. The molecule has 0 bridgehead atoms. The number of pyridine rings is 1. The van der Waals surface area contributed by atoms with Crippen molar-refractivity contribution in [2.24, 2.45) is 0 Å². The first-order chi connectivity index (χ1) is 17.7. The van der Waals surface area contributed by atoms with E-state index in [1.165, 1.54) is 22.3 Å². The van der Waals surface area contributed by atoms with Crippen LogP contribution in [-0.4, -0.2) is 15.0 Å². The number of fused-ring (bicyclic) bond motifs is 1. The summed E-state index contributed by atoms with van der Waals surface area (Å²) in [5, 5.41) is 0. The molecule has 3 heteroatoms. The van der Waals surface area contributed by atoms with Crippen LogP contribution in [0.4, 0.5) is 0 Å². The van der Waals surface area contributed by atoms with Gasteiger partial charge in [-0.15, -0.1) is 0 Å². The Labute approximate surface area is 211 Å². The zero-order valence-electron chi connectivity index (χ0n) is 20.3. The van der Waals surface area contributed by atoms with Crippen molar-refractivity contribution in [2.45, 2.75) is 13.8 Å². The lowest BCUT2D eigenvalue weighted by molar-refractivity contribution is 1.29. The van der Waals surface area contributed by atoms with E-state index in [0.29, 0.717) is 0 Å². The summed E-state index contributed by atoms with van der Waals surface area (Å²) in [5.41, 5.74) is 13.1. The summed E-state index contributed by atoms with van der Waals surface area (Å²) < 4.78 is 0. The molecule has 0 saturated carbocycles. The molecule has 0 aliphatic heterocycles. The third kappa shape index (κ3) is 4.16. The summed E-state index contributed by atoms with van der Waals surface area (Å²) >= 11 is 0. The van der Waals surface area contributed by atoms with Crippen molar-refractivity contribution in [3.63, 3.8) is 0 Å². The molecule has 0 atom stereocenters. The Balaban J connectivity index is 1.49. The van der Waals surface area contributed by atoms with Crippen LogP contribution in [0.25, 0.3) is 55.7 Å². The Morgan fingerprint density at radius 2 is 1.08 bits per heavy atom. The van der Waals surface area contributed by atoms with Crippen LogP contribution in [0, 0.1) is 13.8 Å². The average molecular weight is 464 g/mol. The summed E-state index contributed by atoms with van der Waals surface area (Å²) in [5.74, 6) is 0. The Hall–Kier alpha value is -4.63. The van der Waals surface area contributed by atoms with Crippen LogP contribution in [0.2, 0.25) is 0 Å².